The monoisotopic (exact) mass is 549 g/mol. The van der Waals surface area contributed by atoms with Crippen LogP contribution in [0.15, 0.2) is 61.1 Å². The molecule has 3 N–H and O–H groups in total. The Kier molecular flexibility index (Phi) is 9.18. The molecule has 2 aromatic heterocycles. The third kappa shape index (κ3) is 7.67. The van der Waals surface area contributed by atoms with E-state index >= 15 is 0 Å². The zero-order chi connectivity index (χ0) is 28.7. The summed E-state index contributed by atoms with van der Waals surface area (Å²) in [7, 11) is 1.54. The van der Waals surface area contributed by atoms with Crippen LogP contribution < -0.4 is 15.4 Å². The van der Waals surface area contributed by atoms with Gasteiger partial charge in [-0.25, -0.2) is 9.78 Å². The van der Waals surface area contributed by atoms with Crippen LogP contribution in [-0.4, -0.2) is 70.2 Å². The fourth-order valence-electron chi connectivity index (χ4n) is 4.33. The molecule has 11 nitrogen and oxygen atoms in total. The molecule has 0 spiro atoms. The zero-order valence-corrected chi connectivity index (χ0v) is 23.1. The molecular weight excluding hydrogens is 514 g/mol. The SMILES string of the molecule is COCOc1ccc2c(c1)CN(C(=O)OC(C)(C)C)C([C@H](O)CNC(=O)c1ccnc(Nc3cccnc3)c1)C2. The number of anilines is 2. The smallest absolute Gasteiger partial charge is 0.410 e. The maximum Gasteiger partial charge on any atom is 0.410 e. The van der Waals surface area contributed by atoms with Crippen molar-refractivity contribution in [1.82, 2.24) is 20.2 Å². The van der Waals surface area contributed by atoms with Crippen molar-refractivity contribution in [3.8, 4) is 5.75 Å². The van der Waals surface area contributed by atoms with Crippen molar-refractivity contribution >= 4 is 23.5 Å². The maximum absolute atomic E-state index is 13.2. The minimum Gasteiger partial charge on any atom is -0.468 e. The van der Waals surface area contributed by atoms with Crippen LogP contribution >= 0.6 is 0 Å². The number of hydrogen-bond acceptors (Lipinski definition) is 9. The number of nitrogens with one attached hydrogen (secondary N) is 2. The number of methoxy groups -OCH3 is 1. The molecule has 0 bridgehead atoms. The Morgan fingerprint density at radius 1 is 1.15 bits per heavy atom. The summed E-state index contributed by atoms with van der Waals surface area (Å²) in [6.07, 6.45) is 3.62. The lowest BCUT2D eigenvalue weighted by Gasteiger charge is -2.40. The molecule has 0 saturated heterocycles. The second kappa shape index (κ2) is 12.8. The summed E-state index contributed by atoms with van der Waals surface area (Å²) in [6, 6.07) is 11.8. The number of aliphatic hydroxyl groups excluding tert-OH is 1. The van der Waals surface area contributed by atoms with Gasteiger partial charge in [-0.3, -0.25) is 14.7 Å². The number of amides is 2. The molecule has 1 aromatic carbocycles. The van der Waals surface area contributed by atoms with E-state index in [4.69, 9.17) is 14.2 Å². The van der Waals surface area contributed by atoms with Gasteiger partial charge in [0, 0.05) is 38.2 Å². The van der Waals surface area contributed by atoms with E-state index in [9.17, 15) is 14.7 Å². The van der Waals surface area contributed by atoms with Crippen molar-refractivity contribution in [3.05, 3.63) is 77.7 Å². The van der Waals surface area contributed by atoms with Crippen LogP contribution in [0.1, 0.15) is 42.3 Å². The molecule has 3 heterocycles. The minimum absolute atomic E-state index is 0.0686. The Balaban J connectivity index is 1.46. The number of fused-ring (bicyclic) bond motifs is 1. The maximum atomic E-state index is 13.2. The molecule has 0 saturated carbocycles. The summed E-state index contributed by atoms with van der Waals surface area (Å²) in [5.41, 5.74) is 2.25. The van der Waals surface area contributed by atoms with Crippen molar-refractivity contribution in [2.75, 3.05) is 25.8 Å². The molecular formula is C29H35N5O6. The molecule has 0 fully saturated rings. The molecule has 4 rings (SSSR count). The molecule has 212 valence electrons. The van der Waals surface area contributed by atoms with Crippen LogP contribution in [0.2, 0.25) is 0 Å². The third-order valence-electron chi connectivity index (χ3n) is 6.19. The van der Waals surface area contributed by atoms with E-state index in [1.807, 2.05) is 24.3 Å². The van der Waals surface area contributed by atoms with E-state index in [1.165, 1.54) is 11.1 Å². The Hall–Kier alpha value is -4.22. The number of hydrogen-bond donors (Lipinski definition) is 3. The van der Waals surface area contributed by atoms with Gasteiger partial charge in [0.2, 0.25) is 0 Å². The fraction of sp³-hybridized carbons (Fsp3) is 0.379. The van der Waals surface area contributed by atoms with E-state index < -0.39 is 23.8 Å². The average molecular weight is 550 g/mol. The largest absolute Gasteiger partial charge is 0.468 e. The molecule has 2 atom stereocenters. The van der Waals surface area contributed by atoms with Crippen LogP contribution in [0.25, 0.3) is 0 Å². The lowest BCUT2D eigenvalue weighted by molar-refractivity contribution is -0.0114. The quantitative estimate of drug-likeness (QED) is 0.342. The highest BCUT2D eigenvalue weighted by molar-refractivity contribution is 5.94. The number of ether oxygens (including phenoxy) is 3. The van der Waals surface area contributed by atoms with E-state index in [0.717, 1.165) is 16.8 Å². The summed E-state index contributed by atoms with van der Waals surface area (Å²) >= 11 is 0. The molecule has 0 aliphatic carbocycles. The van der Waals surface area contributed by atoms with E-state index in [1.54, 1.807) is 58.5 Å². The number of carbonyl (C=O) groups is 2. The molecule has 0 radical (unpaired) electrons. The summed E-state index contributed by atoms with van der Waals surface area (Å²) < 4.78 is 16.2. The van der Waals surface area contributed by atoms with Gasteiger partial charge >= 0.3 is 6.09 Å². The van der Waals surface area contributed by atoms with Gasteiger partial charge in [-0.05, 0) is 74.7 Å². The highest BCUT2D eigenvalue weighted by Gasteiger charge is 2.37. The molecule has 2 amide bonds. The summed E-state index contributed by atoms with van der Waals surface area (Å²) in [5.74, 6) is 0.719. The standard InChI is InChI=1S/C29H35N5O6/c1-29(2,3)40-28(37)34-17-21-12-23(39-18-38-4)8-7-19(21)13-24(34)25(35)16-32-27(36)20-9-11-31-26(14-20)33-22-6-5-10-30-15-22/h5-12,14-15,24-25,35H,13,16-18H2,1-4H3,(H,31,33)(H,32,36)/t24?,25-/m1/s1. The van der Waals surface area contributed by atoms with Crippen LogP contribution in [0.5, 0.6) is 5.75 Å². The molecule has 3 aromatic rings. The van der Waals surface area contributed by atoms with Gasteiger partial charge in [0.15, 0.2) is 6.79 Å². The number of rotatable bonds is 9. The third-order valence-corrected chi connectivity index (χ3v) is 6.19. The van der Waals surface area contributed by atoms with E-state index in [2.05, 4.69) is 20.6 Å². The Bertz CT molecular complexity index is 1310. The second-order valence-corrected chi connectivity index (χ2v) is 10.4. The summed E-state index contributed by atoms with van der Waals surface area (Å²) in [5, 5.41) is 17.1. The lowest BCUT2D eigenvalue weighted by atomic mass is 9.91. The van der Waals surface area contributed by atoms with Crippen LogP contribution in [0.3, 0.4) is 0 Å². The number of aromatic nitrogens is 2. The normalized spacial score (nSPS) is 15.5. The van der Waals surface area contributed by atoms with Crippen molar-refractivity contribution in [2.24, 2.45) is 0 Å². The molecule has 1 aliphatic rings. The van der Waals surface area contributed by atoms with Gasteiger partial charge in [-0.15, -0.1) is 0 Å². The van der Waals surface area contributed by atoms with E-state index in [0.29, 0.717) is 23.6 Å². The molecule has 40 heavy (non-hydrogen) atoms. The minimum atomic E-state index is -1.05. The Morgan fingerprint density at radius 3 is 2.70 bits per heavy atom. The predicted molar refractivity (Wildman–Crippen MR) is 148 cm³/mol. The van der Waals surface area contributed by atoms with Crippen molar-refractivity contribution in [3.63, 3.8) is 0 Å². The number of pyridine rings is 2. The average Bonchev–Trinajstić information content (AvgIpc) is 2.93. The lowest BCUT2D eigenvalue weighted by Crippen LogP contribution is -2.54. The van der Waals surface area contributed by atoms with Gasteiger partial charge in [0.1, 0.15) is 17.2 Å². The predicted octanol–water partition coefficient (Wildman–Crippen LogP) is 3.66. The molecule has 1 unspecified atom stereocenters. The number of aliphatic hydroxyl groups is 1. The first-order valence-corrected chi connectivity index (χ1v) is 13.0. The van der Waals surface area contributed by atoms with Crippen LogP contribution in [0.4, 0.5) is 16.3 Å². The van der Waals surface area contributed by atoms with E-state index in [-0.39, 0.29) is 25.8 Å². The van der Waals surface area contributed by atoms with Gasteiger partial charge < -0.3 is 30.0 Å². The van der Waals surface area contributed by atoms with Gasteiger partial charge in [-0.2, -0.15) is 0 Å². The second-order valence-electron chi connectivity index (χ2n) is 10.4. The Morgan fingerprint density at radius 2 is 1.98 bits per heavy atom. The van der Waals surface area contributed by atoms with Crippen molar-refractivity contribution in [1.29, 1.82) is 0 Å². The summed E-state index contributed by atoms with van der Waals surface area (Å²) in [6.45, 7) is 5.62. The van der Waals surface area contributed by atoms with Gasteiger partial charge in [0.25, 0.3) is 5.91 Å². The van der Waals surface area contributed by atoms with Crippen molar-refractivity contribution in [2.45, 2.75) is 51.5 Å². The number of carbonyl (C=O) groups excluding carboxylic acids is 2. The first kappa shape index (κ1) is 28.8. The first-order valence-electron chi connectivity index (χ1n) is 13.0. The Labute approximate surface area is 233 Å². The van der Waals surface area contributed by atoms with Crippen LogP contribution in [0, 0.1) is 0 Å². The number of nitrogens with zero attached hydrogens (tertiary/aromatic N) is 3. The fourth-order valence-corrected chi connectivity index (χ4v) is 4.33. The molecule has 1 aliphatic heterocycles. The molecule has 11 heteroatoms. The highest BCUT2D eigenvalue weighted by atomic mass is 16.7. The highest BCUT2D eigenvalue weighted by Crippen LogP contribution is 2.30. The summed E-state index contributed by atoms with van der Waals surface area (Å²) in [4.78, 5) is 35.9. The zero-order valence-electron chi connectivity index (χ0n) is 23.1. The first-order chi connectivity index (χ1) is 19.1. The topological polar surface area (TPSA) is 135 Å². The van der Waals surface area contributed by atoms with Crippen molar-refractivity contribution < 1.29 is 28.9 Å². The van der Waals surface area contributed by atoms with Gasteiger partial charge in [0.05, 0.1) is 24.0 Å². The van der Waals surface area contributed by atoms with Crippen LogP contribution in [-0.2, 0) is 22.4 Å². The van der Waals surface area contributed by atoms with Gasteiger partial charge in [-0.1, -0.05) is 6.07 Å². The number of benzene rings is 1.